The van der Waals surface area contributed by atoms with Crippen LogP contribution in [-0.4, -0.2) is 34.6 Å². The van der Waals surface area contributed by atoms with Crippen molar-refractivity contribution in [2.45, 2.75) is 13.8 Å². The fraction of sp³-hybridized carbons (Fsp3) is 0.0385. The summed E-state index contributed by atoms with van der Waals surface area (Å²) in [7, 11) is 0. The molecule has 0 aliphatic heterocycles. The van der Waals surface area contributed by atoms with Gasteiger partial charge >= 0.3 is 16.8 Å². The molecule has 0 saturated carbocycles. The number of aliphatic carboxylic acids is 2. The van der Waals surface area contributed by atoms with Gasteiger partial charge in [-0.25, -0.2) is 0 Å². The molecule has 8 nitrogen and oxygen atoms in total. The van der Waals surface area contributed by atoms with Crippen molar-refractivity contribution in [3.8, 4) is 56.0 Å². The third-order valence-electron chi connectivity index (χ3n) is 9.19. The molecule has 1 radical (unpaired) electrons. The molecule has 8 aromatic carbocycles. The van der Waals surface area contributed by atoms with Gasteiger partial charge in [0, 0.05) is 46.6 Å². The largest absolute Gasteiger partial charge is 2.00 e. The standard InChI is InChI=1S/C48H34N2O2.2C2H4O2.Co/c51-47-41(25-39(33-15-5-1-6-16-33)27-43(47)35-19-9-3-10-20-35)31-49-45-29-37-23-13-14-24-38(37)30-46(45)50-32-42-26-40(34-17-7-2-8-18-34)28-44(48(42)52)36-21-11-4-12-22-36;2*1-2(3)4;/h1-32,51-52H;2*1H3,(H,3,4);/q;;;+2/p-2. The molecule has 0 aliphatic rings. The van der Waals surface area contributed by atoms with Crippen molar-refractivity contribution in [1.82, 2.24) is 0 Å². The number of phenols is 2. The molecule has 61 heavy (non-hydrogen) atoms. The number of nitrogens with zero attached hydrogens (tertiary/aromatic N) is 2. The van der Waals surface area contributed by atoms with Gasteiger partial charge in [0.05, 0.1) is 11.4 Å². The average Bonchev–Trinajstić information content (AvgIpc) is 3.26. The summed E-state index contributed by atoms with van der Waals surface area (Å²) in [4.78, 5) is 27.7. The maximum Gasteiger partial charge on any atom is 2.00 e. The number of fused-ring (bicyclic) bond motifs is 1. The van der Waals surface area contributed by atoms with Gasteiger partial charge in [0.25, 0.3) is 0 Å². The van der Waals surface area contributed by atoms with Gasteiger partial charge in [-0.2, -0.15) is 0 Å². The van der Waals surface area contributed by atoms with E-state index in [0.29, 0.717) is 22.5 Å². The Morgan fingerprint density at radius 1 is 0.426 bits per heavy atom. The molecule has 0 unspecified atom stereocenters. The number of benzene rings is 8. The predicted molar refractivity (Wildman–Crippen MR) is 238 cm³/mol. The summed E-state index contributed by atoms with van der Waals surface area (Å²) < 4.78 is 0. The van der Waals surface area contributed by atoms with Crippen LogP contribution in [-0.2, 0) is 26.4 Å². The van der Waals surface area contributed by atoms with E-state index in [1.54, 1.807) is 12.4 Å². The van der Waals surface area contributed by atoms with Crippen molar-refractivity contribution in [2.75, 3.05) is 0 Å². The van der Waals surface area contributed by atoms with E-state index in [-0.39, 0.29) is 28.3 Å². The maximum atomic E-state index is 11.6. The Morgan fingerprint density at radius 2 is 0.705 bits per heavy atom. The summed E-state index contributed by atoms with van der Waals surface area (Å²) in [5.74, 6) is -1.87. The number of aromatic hydroxyl groups is 2. The van der Waals surface area contributed by atoms with Crippen molar-refractivity contribution in [3.63, 3.8) is 0 Å². The monoisotopic (exact) mass is 847 g/mol. The first-order valence-corrected chi connectivity index (χ1v) is 19.0. The van der Waals surface area contributed by atoms with E-state index in [9.17, 15) is 10.2 Å². The molecule has 0 bridgehead atoms. The van der Waals surface area contributed by atoms with Gasteiger partial charge in [-0.05, 0) is 94.4 Å². The normalized spacial score (nSPS) is 10.6. The zero-order valence-corrected chi connectivity index (χ0v) is 34.3. The zero-order valence-electron chi connectivity index (χ0n) is 33.2. The quantitative estimate of drug-likeness (QED) is 0.146. The first kappa shape index (κ1) is 44.5. The minimum atomic E-state index is -1.08. The summed E-state index contributed by atoms with van der Waals surface area (Å²) in [6, 6.07) is 60.1. The van der Waals surface area contributed by atoms with Crippen LogP contribution in [0.25, 0.3) is 55.3 Å². The Balaban J connectivity index is 0.000000722. The van der Waals surface area contributed by atoms with Crippen LogP contribution in [0.2, 0.25) is 0 Å². The van der Waals surface area contributed by atoms with Gasteiger partial charge in [-0.3, -0.25) is 9.98 Å². The Bertz CT molecular complexity index is 2590. The van der Waals surface area contributed by atoms with Gasteiger partial charge in [0.15, 0.2) is 0 Å². The van der Waals surface area contributed by atoms with Crippen LogP contribution < -0.4 is 10.2 Å². The Kier molecular flexibility index (Phi) is 15.6. The smallest absolute Gasteiger partial charge is 0.550 e. The number of aliphatic imine (C=N–C) groups is 2. The number of carbonyl (C=O) groups excluding carboxylic acids is 2. The average molecular weight is 848 g/mol. The second-order valence-corrected chi connectivity index (χ2v) is 13.6. The Labute approximate surface area is 364 Å². The maximum absolute atomic E-state index is 11.6. The summed E-state index contributed by atoms with van der Waals surface area (Å²) >= 11 is 0. The molecule has 0 fully saturated rings. The molecular formula is C52H40CoN2O6. The Morgan fingerprint density at radius 3 is 1.02 bits per heavy atom. The molecule has 0 spiro atoms. The number of carboxylic acid groups (broad SMARTS) is 2. The van der Waals surface area contributed by atoms with E-state index in [2.05, 4.69) is 24.3 Å². The SMILES string of the molecule is CC(=O)[O-].CC(=O)[O-].Oc1c(C=Nc2cc3ccccc3cc2N=Cc2cc(-c3ccccc3)cc(-c3ccccc3)c2O)cc(-c2ccccc2)cc1-c1ccccc1.[Co+2]. The van der Waals surface area contributed by atoms with E-state index in [1.807, 2.05) is 158 Å². The third kappa shape index (κ3) is 12.0. The fourth-order valence-electron chi connectivity index (χ4n) is 6.48. The molecule has 0 aliphatic carbocycles. The number of rotatable bonds is 8. The molecule has 8 aromatic rings. The summed E-state index contributed by atoms with van der Waals surface area (Å²) in [6.45, 7) is 1.94. The minimum Gasteiger partial charge on any atom is -0.550 e. The van der Waals surface area contributed by atoms with Gasteiger partial charge in [0.2, 0.25) is 0 Å². The second kappa shape index (κ2) is 21.4. The van der Waals surface area contributed by atoms with Gasteiger partial charge in [0.1, 0.15) is 11.5 Å². The topological polar surface area (TPSA) is 145 Å². The fourth-order valence-corrected chi connectivity index (χ4v) is 6.48. The van der Waals surface area contributed by atoms with Crippen LogP contribution in [0.15, 0.2) is 192 Å². The number of phenolic OH excluding ortho intramolecular Hbond substituents is 2. The summed E-state index contributed by atoms with van der Waals surface area (Å²) in [5.41, 5.74) is 9.73. The number of carboxylic acids is 2. The molecule has 0 saturated heterocycles. The van der Waals surface area contributed by atoms with Crippen molar-refractivity contribution in [1.29, 1.82) is 0 Å². The van der Waals surface area contributed by atoms with Crippen LogP contribution in [0.4, 0.5) is 11.4 Å². The van der Waals surface area contributed by atoms with Gasteiger partial charge < -0.3 is 30.0 Å². The van der Waals surface area contributed by atoms with E-state index < -0.39 is 11.9 Å². The van der Waals surface area contributed by atoms with Gasteiger partial charge in [-0.15, -0.1) is 0 Å². The van der Waals surface area contributed by atoms with Crippen molar-refractivity contribution in [3.05, 3.63) is 193 Å². The van der Waals surface area contributed by atoms with Crippen LogP contribution >= 0.6 is 0 Å². The van der Waals surface area contributed by atoms with Crippen molar-refractivity contribution < 1.29 is 46.8 Å². The van der Waals surface area contributed by atoms with Crippen molar-refractivity contribution >= 4 is 46.5 Å². The first-order chi connectivity index (χ1) is 29.1. The Hall–Kier alpha value is -7.59. The first-order valence-electron chi connectivity index (χ1n) is 19.0. The molecular weight excluding hydrogens is 808 g/mol. The predicted octanol–water partition coefficient (Wildman–Crippen LogP) is 9.93. The van der Waals surface area contributed by atoms with E-state index >= 15 is 0 Å². The number of hydrogen-bond donors (Lipinski definition) is 2. The molecule has 303 valence electrons. The zero-order chi connectivity index (χ0) is 42.4. The third-order valence-corrected chi connectivity index (χ3v) is 9.19. The van der Waals surface area contributed by atoms with E-state index in [0.717, 1.165) is 69.1 Å². The summed E-state index contributed by atoms with van der Waals surface area (Å²) in [6.07, 6.45) is 3.41. The van der Waals surface area contributed by atoms with Gasteiger partial charge in [-0.1, -0.05) is 146 Å². The van der Waals surface area contributed by atoms with Crippen LogP contribution in [0.1, 0.15) is 25.0 Å². The molecule has 2 N–H and O–H groups in total. The molecule has 9 heteroatoms. The van der Waals surface area contributed by atoms with Crippen molar-refractivity contribution in [2.24, 2.45) is 9.98 Å². The minimum absolute atomic E-state index is 0. The van der Waals surface area contributed by atoms with Crippen LogP contribution in [0.5, 0.6) is 11.5 Å². The molecule has 0 amide bonds. The summed E-state index contributed by atoms with van der Waals surface area (Å²) in [5, 5.41) is 43.0. The number of hydrogen-bond acceptors (Lipinski definition) is 8. The van der Waals surface area contributed by atoms with Crippen LogP contribution in [0.3, 0.4) is 0 Å². The second-order valence-electron chi connectivity index (χ2n) is 13.6. The van der Waals surface area contributed by atoms with E-state index in [1.165, 1.54) is 0 Å². The molecule has 0 aromatic heterocycles. The van der Waals surface area contributed by atoms with E-state index in [4.69, 9.17) is 29.8 Å². The molecule has 0 atom stereocenters. The number of carbonyl (C=O) groups is 2. The van der Waals surface area contributed by atoms with Crippen LogP contribution in [0, 0.1) is 0 Å². The molecule has 8 rings (SSSR count). The molecule has 0 heterocycles.